The van der Waals surface area contributed by atoms with Crippen LogP contribution in [0.2, 0.25) is 5.02 Å². The van der Waals surface area contributed by atoms with Crippen LogP contribution >= 0.6 is 24.0 Å². The third-order valence-corrected chi connectivity index (χ3v) is 8.79. The summed E-state index contributed by atoms with van der Waals surface area (Å²) >= 11 is 6.15. The number of hydrogen-bond donors (Lipinski definition) is 2. The lowest BCUT2D eigenvalue weighted by Crippen LogP contribution is -2.44. The summed E-state index contributed by atoms with van der Waals surface area (Å²) in [4.78, 5) is 28.6. The number of likely N-dealkylation sites (N-methyl/N-ethyl adjacent to an activating group) is 1. The Balaban J connectivity index is 0.00000588. The summed E-state index contributed by atoms with van der Waals surface area (Å²) in [5, 5.41) is 10.2. The van der Waals surface area contributed by atoms with E-state index in [2.05, 4.69) is 4.72 Å². The lowest BCUT2D eigenvalue weighted by Gasteiger charge is -2.27. The number of hydrogen-bond acceptors (Lipinski definition) is 5. The zero-order chi connectivity index (χ0) is 29.9. The fraction of sp³-hybridized carbons (Fsp3) is 0.333. The first-order valence-electron chi connectivity index (χ1n) is 12.8. The second-order valence-electron chi connectivity index (χ2n) is 10.4. The Bertz CT molecular complexity index is 1530. The Kier molecular flexibility index (Phi) is 11.4. The van der Waals surface area contributed by atoms with Gasteiger partial charge < -0.3 is 14.9 Å². The zero-order valence-corrected chi connectivity index (χ0v) is 26.7. The first kappa shape index (κ1) is 34.1. The van der Waals surface area contributed by atoms with E-state index in [9.17, 15) is 23.1 Å². The standard InChI is InChI=1S/C30H36ClN3O5S.ClH/c1-18-16-27(19(2)15-25(18)31)40(38,39)32-24-10-8-9-22(17-24)23-13-20(3)28(21(4)14-23)29(35)34(7)26(30(36)37)11-12-33(5)6;/h8-10,13-17,26,32H,11-12H2,1-7H3,(H,36,37);1H/t26-;/m0./s1. The molecular weight excluding hydrogens is 585 g/mol. The van der Waals surface area contributed by atoms with Gasteiger partial charge in [0.25, 0.3) is 15.9 Å². The van der Waals surface area contributed by atoms with Gasteiger partial charge in [0.15, 0.2) is 0 Å². The molecule has 3 rings (SSSR count). The van der Waals surface area contributed by atoms with Gasteiger partial charge in [0, 0.05) is 29.9 Å². The summed E-state index contributed by atoms with van der Waals surface area (Å²) < 4.78 is 29.0. The number of aliphatic carboxylic acids is 1. The number of anilines is 1. The van der Waals surface area contributed by atoms with Gasteiger partial charge in [-0.2, -0.15) is 0 Å². The molecule has 0 spiro atoms. The van der Waals surface area contributed by atoms with Crippen LogP contribution in [0.5, 0.6) is 0 Å². The minimum atomic E-state index is -3.86. The molecule has 8 nitrogen and oxygen atoms in total. The molecule has 0 saturated heterocycles. The number of carbonyl (C=O) groups excluding carboxylic acids is 1. The molecule has 0 bridgehead atoms. The number of rotatable bonds is 10. The van der Waals surface area contributed by atoms with Gasteiger partial charge in [0.1, 0.15) is 6.04 Å². The average molecular weight is 623 g/mol. The maximum atomic E-state index is 13.4. The van der Waals surface area contributed by atoms with Crippen molar-refractivity contribution in [2.45, 2.75) is 45.1 Å². The van der Waals surface area contributed by atoms with E-state index in [1.54, 1.807) is 44.2 Å². The third kappa shape index (κ3) is 8.01. The van der Waals surface area contributed by atoms with E-state index in [1.807, 2.05) is 51.0 Å². The molecule has 1 amide bonds. The Morgan fingerprint density at radius 2 is 1.51 bits per heavy atom. The van der Waals surface area contributed by atoms with Crippen LogP contribution in [-0.2, 0) is 14.8 Å². The van der Waals surface area contributed by atoms with Crippen LogP contribution in [0.3, 0.4) is 0 Å². The van der Waals surface area contributed by atoms with Crippen LogP contribution in [0, 0.1) is 27.7 Å². The predicted octanol–water partition coefficient (Wildman–Crippen LogP) is 5.94. The van der Waals surface area contributed by atoms with E-state index in [0.29, 0.717) is 51.5 Å². The molecule has 41 heavy (non-hydrogen) atoms. The largest absolute Gasteiger partial charge is 0.480 e. The Labute approximate surface area is 253 Å². The quantitative estimate of drug-likeness (QED) is 0.290. The number of nitrogens with zero attached hydrogens (tertiary/aromatic N) is 2. The maximum Gasteiger partial charge on any atom is 0.326 e. The lowest BCUT2D eigenvalue weighted by atomic mass is 9.94. The van der Waals surface area contributed by atoms with Crippen LogP contribution in [-0.4, -0.2) is 68.9 Å². The summed E-state index contributed by atoms with van der Waals surface area (Å²) in [6, 6.07) is 13.0. The van der Waals surface area contributed by atoms with Crippen molar-refractivity contribution in [3.63, 3.8) is 0 Å². The zero-order valence-electron chi connectivity index (χ0n) is 24.3. The highest BCUT2D eigenvalue weighted by molar-refractivity contribution is 7.92. The molecule has 0 aliphatic carbocycles. The number of benzene rings is 3. The van der Waals surface area contributed by atoms with Crippen molar-refractivity contribution in [1.82, 2.24) is 9.80 Å². The maximum absolute atomic E-state index is 13.4. The smallest absolute Gasteiger partial charge is 0.326 e. The molecule has 2 N–H and O–H groups in total. The Hall–Kier alpha value is -3.11. The van der Waals surface area contributed by atoms with Crippen molar-refractivity contribution in [2.24, 2.45) is 0 Å². The molecule has 0 radical (unpaired) electrons. The van der Waals surface area contributed by atoms with Gasteiger partial charge in [-0.1, -0.05) is 35.9 Å². The molecule has 3 aromatic carbocycles. The van der Waals surface area contributed by atoms with E-state index in [1.165, 1.54) is 11.9 Å². The molecule has 0 aliphatic heterocycles. The van der Waals surface area contributed by atoms with Gasteiger partial charge in [-0.05, 0) is 106 Å². The number of carboxylic acids is 1. The average Bonchev–Trinajstić information content (AvgIpc) is 2.85. The molecule has 3 aromatic rings. The summed E-state index contributed by atoms with van der Waals surface area (Å²) in [5.74, 6) is -1.41. The molecular formula is C30H37Cl2N3O5S. The van der Waals surface area contributed by atoms with Gasteiger partial charge in [0.05, 0.1) is 4.90 Å². The fourth-order valence-electron chi connectivity index (χ4n) is 4.67. The Morgan fingerprint density at radius 3 is 2.07 bits per heavy atom. The van der Waals surface area contributed by atoms with E-state index < -0.39 is 22.0 Å². The molecule has 0 aliphatic rings. The molecule has 0 fully saturated rings. The number of carbonyl (C=O) groups is 2. The van der Waals surface area contributed by atoms with Gasteiger partial charge in [0.2, 0.25) is 0 Å². The molecule has 0 aromatic heterocycles. The van der Waals surface area contributed by atoms with Crippen LogP contribution in [0.25, 0.3) is 11.1 Å². The van der Waals surface area contributed by atoms with E-state index in [-0.39, 0.29) is 23.2 Å². The topological polar surface area (TPSA) is 107 Å². The number of sulfonamides is 1. The molecule has 11 heteroatoms. The van der Waals surface area contributed by atoms with Gasteiger partial charge in [-0.15, -0.1) is 12.4 Å². The summed E-state index contributed by atoms with van der Waals surface area (Å²) in [6.07, 6.45) is 0.304. The molecule has 1 atom stereocenters. The number of nitrogens with one attached hydrogen (secondary N) is 1. The van der Waals surface area contributed by atoms with E-state index in [4.69, 9.17) is 11.6 Å². The van der Waals surface area contributed by atoms with E-state index >= 15 is 0 Å². The first-order valence-corrected chi connectivity index (χ1v) is 14.6. The number of halogens is 2. The molecule has 222 valence electrons. The molecule has 0 unspecified atom stereocenters. The van der Waals surface area contributed by atoms with Crippen LogP contribution in [0.1, 0.15) is 39.0 Å². The van der Waals surface area contributed by atoms with Crippen molar-refractivity contribution in [3.8, 4) is 11.1 Å². The normalized spacial score (nSPS) is 12.0. The van der Waals surface area contributed by atoms with Gasteiger partial charge >= 0.3 is 5.97 Å². The van der Waals surface area contributed by atoms with Crippen LogP contribution < -0.4 is 4.72 Å². The van der Waals surface area contributed by atoms with Crippen molar-refractivity contribution in [1.29, 1.82) is 0 Å². The fourth-order valence-corrected chi connectivity index (χ4v) is 6.25. The minimum absolute atomic E-state index is 0. The van der Waals surface area contributed by atoms with E-state index in [0.717, 1.165) is 11.1 Å². The predicted molar refractivity (Wildman–Crippen MR) is 167 cm³/mol. The third-order valence-electron chi connectivity index (χ3n) is 6.86. The van der Waals surface area contributed by atoms with Gasteiger partial charge in [-0.25, -0.2) is 13.2 Å². The van der Waals surface area contributed by atoms with Crippen molar-refractivity contribution >= 4 is 51.6 Å². The highest BCUT2D eigenvalue weighted by Crippen LogP contribution is 2.30. The minimum Gasteiger partial charge on any atom is -0.480 e. The number of amides is 1. The summed E-state index contributed by atoms with van der Waals surface area (Å²) in [5.41, 5.74) is 5.01. The van der Waals surface area contributed by atoms with Gasteiger partial charge in [-0.3, -0.25) is 9.52 Å². The van der Waals surface area contributed by atoms with Crippen molar-refractivity contribution in [3.05, 3.63) is 81.4 Å². The van der Waals surface area contributed by atoms with Crippen molar-refractivity contribution < 1.29 is 23.1 Å². The monoisotopic (exact) mass is 621 g/mol. The first-order chi connectivity index (χ1) is 18.6. The van der Waals surface area contributed by atoms with Crippen LogP contribution in [0.15, 0.2) is 53.4 Å². The summed E-state index contributed by atoms with van der Waals surface area (Å²) in [7, 11) is 1.36. The molecule has 0 heterocycles. The summed E-state index contributed by atoms with van der Waals surface area (Å²) in [6.45, 7) is 7.60. The lowest BCUT2D eigenvalue weighted by molar-refractivity contribution is -0.142. The second-order valence-corrected chi connectivity index (χ2v) is 12.5. The highest BCUT2D eigenvalue weighted by atomic mass is 35.5. The number of aryl methyl sites for hydroxylation is 4. The SMILES string of the molecule is Cc1cc(S(=O)(=O)Nc2cccc(-c3cc(C)c(C(=O)N(C)[C@@H](CCN(C)C)C(=O)O)c(C)c3)c2)c(C)cc1Cl.Cl. The molecule has 0 saturated carbocycles. The number of carboxylic acid groups (broad SMARTS) is 1. The second kappa shape index (κ2) is 13.7. The van der Waals surface area contributed by atoms with Crippen LogP contribution in [0.4, 0.5) is 5.69 Å². The van der Waals surface area contributed by atoms with Crippen molar-refractivity contribution in [2.75, 3.05) is 32.4 Å². The Morgan fingerprint density at radius 1 is 0.902 bits per heavy atom. The highest BCUT2D eigenvalue weighted by Gasteiger charge is 2.29.